The minimum atomic E-state index is -2.29. The molecule has 1 radical (unpaired) electrons. The van der Waals surface area contributed by atoms with Crippen molar-refractivity contribution in [2.24, 2.45) is 5.92 Å². The molecule has 4 heterocycles. The molecule has 7 heteroatoms. The van der Waals surface area contributed by atoms with Crippen LogP contribution in [0.2, 0.25) is 17.3 Å². The van der Waals surface area contributed by atoms with Crippen molar-refractivity contribution in [2.75, 3.05) is 0 Å². The number of benzene rings is 3. The molecule has 0 amide bonds. The minimum Gasteiger partial charge on any atom is -0.304 e. The first-order valence-electron chi connectivity index (χ1n) is 17.2. The molecule has 0 unspecified atom stereocenters. The first kappa shape index (κ1) is 31.7. The molecule has 0 fully saturated rings. The molecule has 0 bridgehead atoms. The van der Waals surface area contributed by atoms with Crippen LogP contribution in [0.5, 0.6) is 0 Å². The Morgan fingerprint density at radius 2 is 1.62 bits per heavy atom. The van der Waals surface area contributed by atoms with Crippen molar-refractivity contribution >= 4 is 49.3 Å². The Bertz CT molecular complexity index is 2270. The molecular formula is C41H38FGeIrN3S-2. The molecule has 48 heavy (non-hydrogen) atoms. The number of nitrogens with zero attached hydrogens (tertiary/aromatic N) is 3. The molecule has 3 aromatic carbocycles. The monoisotopic (exact) mass is 893 g/mol. The van der Waals surface area contributed by atoms with Crippen LogP contribution in [-0.4, -0.2) is 28.2 Å². The Kier molecular flexibility index (Phi) is 10.1. The second kappa shape index (κ2) is 15.3. The molecule has 7 aromatic rings. The fourth-order valence-electron chi connectivity index (χ4n) is 5.72. The van der Waals surface area contributed by atoms with Gasteiger partial charge in [0, 0.05) is 35.8 Å². The van der Waals surface area contributed by atoms with Crippen molar-refractivity contribution in [1.82, 2.24) is 15.0 Å². The maximum absolute atomic E-state index is 13.6. The third-order valence-electron chi connectivity index (χ3n) is 7.92. The zero-order valence-corrected chi connectivity index (χ0v) is 32.9. The van der Waals surface area contributed by atoms with Crippen LogP contribution in [0, 0.1) is 30.9 Å². The summed E-state index contributed by atoms with van der Waals surface area (Å²) in [6.45, 7) is 2.29. The molecule has 0 aliphatic carbocycles. The summed E-state index contributed by atoms with van der Waals surface area (Å²) in [5.74, 6) is 7.47. The van der Waals surface area contributed by atoms with E-state index in [1.807, 2.05) is 54.6 Å². The number of halogens is 1. The van der Waals surface area contributed by atoms with Gasteiger partial charge in [-0.05, 0) is 46.1 Å². The summed E-state index contributed by atoms with van der Waals surface area (Å²) in [4.78, 5) is 13.8. The summed E-state index contributed by atoms with van der Waals surface area (Å²) < 4.78 is 39.8. The average Bonchev–Trinajstić information content (AvgIpc) is 3.45. The van der Waals surface area contributed by atoms with Crippen LogP contribution in [0.3, 0.4) is 0 Å². The molecule has 245 valence electrons. The van der Waals surface area contributed by atoms with Gasteiger partial charge in [-0.25, -0.2) is 4.98 Å². The fraction of sp³-hybridized carbons (Fsp3) is 0.195. The van der Waals surface area contributed by atoms with E-state index in [0.29, 0.717) is 22.0 Å². The molecular weight excluding hydrogens is 850 g/mol. The second-order valence-corrected chi connectivity index (χ2v) is 24.6. The van der Waals surface area contributed by atoms with Gasteiger partial charge in [-0.3, -0.25) is 0 Å². The molecule has 0 saturated carbocycles. The first-order chi connectivity index (χ1) is 23.8. The molecule has 0 spiro atoms. The number of fused-ring (bicyclic) bond motifs is 3. The van der Waals surface area contributed by atoms with E-state index < -0.39 is 26.1 Å². The van der Waals surface area contributed by atoms with Crippen molar-refractivity contribution in [1.29, 1.82) is 0 Å². The summed E-state index contributed by atoms with van der Waals surface area (Å²) >= 11 is -0.483. The Balaban J connectivity index is 0.000000211. The quantitative estimate of drug-likeness (QED) is 0.0949. The number of thiophene rings is 1. The number of hydrogen-bond acceptors (Lipinski definition) is 4. The average molecular weight is 892 g/mol. The first-order valence-corrected chi connectivity index (χ1v) is 23.9. The van der Waals surface area contributed by atoms with Crippen LogP contribution < -0.4 is 4.40 Å². The van der Waals surface area contributed by atoms with E-state index in [-0.39, 0.29) is 25.7 Å². The molecule has 0 saturated heterocycles. The third-order valence-corrected chi connectivity index (χ3v) is 13.4. The largest absolute Gasteiger partial charge is 0.304 e. The van der Waals surface area contributed by atoms with Crippen LogP contribution in [0.25, 0.3) is 53.9 Å². The zero-order chi connectivity index (χ0) is 35.6. The normalized spacial score (nSPS) is 12.5. The standard InChI is InChI=1S/C23H14FN2S.C18H24GeN.Ir/c1-14-13-25-20(12-19(14)15-6-3-2-4-7-15)18-9-5-8-16-17-10-11-21(24)26-23(17)27-22(16)18;1-14(2)11-16-12-18(15-9-7-6-8-10-15)20-13-17(16)19(3,4)5;/h2-8,10-13H,1H3;6-9,12-14H,11H2,1-5H3;/q2*-1;/i1D3;;. The molecule has 3 nitrogen and oxygen atoms in total. The van der Waals surface area contributed by atoms with Crippen LogP contribution in [0.15, 0.2) is 103 Å². The maximum Gasteiger partial charge on any atom is 0.214 e. The molecule has 0 N–H and O–H groups in total. The van der Waals surface area contributed by atoms with E-state index in [9.17, 15) is 4.39 Å². The predicted molar refractivity (Wildman–Crippen MR) is 199 cm³/mol. The van der Waals surface area contributed by atoms with Crippen molar-refractivity contribution in [2.45, 2.75) is 44.4 Å². The minimum absolute atomic E-state index is 0. The van der Waals surface area contributed by atoms with E-state index in [4.69, 9.17) is 9.10 Å². The van der Waals surface area contributed by atoms with Crippen molar-refractivity contribution in [3.63, 3.8) is 0 Å². The topological polar surface area (TPSA) is 38.7 Å². The molecule has 0 aliphatic rings. The number of rotatable bonds is 6. The summed E-state index contributed by atoms with van der Waals surface area (Å²) in [6, 6.07) is 34.9. The summed E-state index contributed by atoms with van der Waals surface area (Å²) in [5, 5.41) is 1.81. The van der Waals surface area contributed by atoms with Gasteiger partial charge in [0.05, 0.1) is 0 Å². The fourth-order valence-corrected chi connectivity index (χ4v) is 10.2. The van der Waals surface area contributed by atoms with Crippen LogP contribution in [0.1, 0.15) is 29.1 Å². The van der Waals surface area contributed by atoms with Crippen LogP contribution in [0.4, 0.5) is 4.39 Å². The summed E-state index contributed by atoms with van der Waals surface area (Å²) in [7, 11) is 0. The van der Waals surface area contributed by atoms with E-state index >= 15 is 0 Å². The summed E-state index contributed by atoms with van der Waals surface area (Å²) in [6.07, 6.45) is 4.69. The predicted octanol–water partition coefficient (Wildman–Crippen LogP) is 10.7. The van der Waals surface area contributed by atoms with Gasteiger partial charge >= 0.3 is 126 Å². The Morgan fingerprint density at radius 3 is 2.33 bits per heavy atom. The van der Waals surface area contributed by atoms with Gasteiger partial charge in [0.2, 0.25) is 5.95 Å². The summed E-state index contributed by atoms with van der Waals surface area (Å²) in [5.41, 5.74) is 6.60. The Hall–Kier alpha value is -3.55. The van der Waals surface area contributed by atoms with Crippen molar-refractivity contribution in [3.8, 4) is 33.6 Å². The van der Waals surface area contributed by atoms with Crippen molar-refractivity contribution < 1.29 is 28.6 Å². The van der Waals surface area contributed by atoms with E-state index in [1.165, 1.54) is 29.2 Å². The van der Waals surface area contributed by atoms with E-state index in [0.717, 1.165) is 44.3 Å². The van der Waals surface area contributed by atoms with Gasteiger partial charge in [0.25, 0.3) is 0 Å². The third kappa shape index (κ3) is 8.01. The number of pyridine rings is 3. The Morgan fingerprint density at radius 1 is 0.854 bits per heavy atom. The van der Waals surface area contributed by atoms with Gasteiger partial charge in [0.15, 0.2) is 0 Å². The second-order valence-electron chi connectivity index (χ2n) is 13.0. The smallest absolute Gasteiger partial charge is 0.214 e. The van der Waals surface area contributed by atoms with Gasteiger partial charge in [-0.2, -0.15) is 15.7 Å². The van der Waals surface area contributed by atoms with Gasteiger partial charge in [-0.1, -0.05) is 41.8 Å². The number of aromatic nitrogens is 3. The van der Waals surface area contributed by atoms with Gasteiger partial charge in [-0.15, -0.1) is 23.8 Å². The maximum atomic E-state index is 13.6. The number of aryl methyl sites for hydroxylation is 1. The van der Waals surface area contributed by atoms with Crippen LogP contribution in [-0.2, 0) is 26.5 Å². The van der Waals surface area contributed by atoms with Gasteiger partial charge < -0.3 is 4.98 Å². The van der Waals surface area contributed by atoms with Gasteiger partial charge in [0.1, 0.15) is 4.83 Å². The number of hydrogen-bond donors (Lipinski definition) is 0. The Labute approximate surface area is 307 Å². The molecule has 0 atom stereocenters. The molecule has 0 aliphatic heterocycles. The zero-order valence-electron chi connectivity index (χ0n) is 30.6. The molecule has 4 aromatic heterocycles. The van der Waals surface area contributed by atoms with E-state index in [2.05, 4.69) is 71.5 Å². The SMILES string of the molecule is CC(C)Cc1cc(-c2[c-]cccc2)nc[c]1[Ge]([CH3])([CH3])[CH3].[2H]C([2H])([2H])c1cnc(-c2[c-]ccc3c2sc2nc(F)ccc23)cc1-c1ccccc1.[Ir]. The van der Waals surface area contributed by atoms with E-state index in [1.54, 1.807) is 22.6 Å². The van der Waals surface area contributed by atoms with Crippen molar-refractivity contribution in [3.05, 3.63) is 133 Å². The molecule has 7 rings (SSSR count). The van der Waals surface area contributed by atoms with Crippen LogP contribution >= 0.6 is 11.3 Å².